The lowest BCUT2D eigenvalue weighted by atomic mass is 9.83. The normalized spacial score (nSPS) is 19.9. The molecule has 196 valence electrons. The van der Waals surface area contributed by atoms with Crippen LogP contribution in [0.4, 0.5) is 5.69 Å². The molecule has 1 atom stereocenters. The van der Waals surface area contributed by atoms with Gasteiger partial charge >= 0.3 is 0 Å². The maximum atomic E-state index is 13.1. The number of anilines is 1. The Bertz CT molecular complexity index is 1140. The zero-order valence-electron chi connectivity index (χ0n) is 21.4. The van der Waals surface area contributed by atoms with Crippen molar-refractivity contribution in [1.29, 1.82) is 0 Å². The molecule has 2 aromatic rings. The Morgan fingerprint density at radius 2 is 1.49 bits per heavy atom. The van der Waals surface area contributed by atoms with Crippen LogP contribution in [0.2, 0.25) is 0 Å². The van der Waals surface area contributed by atoms with E-state index in [1.165, 1.54) is 0 Å². The first-order valence-corrected chi connectivity index (χ1v) is 13.6. The summed E-state index contributed by atoms with van der Waals surface area (Å²) in [5, 5.41) is 9.72. The van der Waals surface area contributed by atoms with Crippen molar-refractivity contribution in [3.8, 4) is 0 Å². The number of hydrogen-bond donors (Lipinski definition) is 3. The molecule has 0 unspecified atom stereocenters. The van der Waals surface area contributed by atoms with Gasteiger partial charge in [-0.1, -0.05) is 36.4 Å². The Kier molecular flexibility index (Phi) is 8.28. The van der Waals surface area contributed by atoms with E-state index < -0.39 is 0 Å². The smallest absolute Gasteiger partial charge is 0.237 e. The van der Waals surface area contributed by atoms with E-state index in [-0.39, 0.29) is 23.5 Å². The van der Waals surface area contributed by atoms with Gasteiger partial charge in [-0.2, -0.15) is 0 Å². The fourth-order valence-corrected chi connectivity index (χ4v) is 5.60. The molecule has 1 amide bonds. The zero-order valence-corrected chi connectivity index (χ0v) is 21.4. The van der Waals surface area contributed by atoms with Crippen molar-refractivity contribution >= 4 is 23.2 Å². The molecule has 0 spiro atoms. The van der Waals surface area contributed by atoms with Crippen LogP contribution in [0.1, 0.15) is 57.5 Å². The van der Waals surface area contributed by atoms with E-state index in [1.807, 2.05) is 12.1 Å². The molecule has 2 saturated heterocycles. The van der Waals surface area contributed by atoms with Gasteiger partial charge in [-0.25, -0.2) is 0 Å². The van der Waals surface area contributed by atoms with E-state index in [1.54, 1.807) is 30.3 Å². The van der Waals surface area contributed by atoms with Crippen LogP contribution in [-0.2, 0) is 4.79 Å². The summed E-state index contributed by atoms with van der Waals surface area (Å²) in [5.41, 5.74) is 2.70. The molecule has 0 bridgehead atoms. The molecule has 0 saturated carbocycles. The van der Waals surface area contributed by atoms with Crippen molar-refractivity contribution < 1.29 is 14.4 Å². The van der Waals surface area contributed by atoms with Gasteiger partial charge < -0.3 is 25.8 Å². The van der Waals surface area contributed by atoms with Gasteiger partial charge in [0.2, 0.25) is 5.91 Å². The van der Waals surface area contributed by atoms with Crippen molar-refractivity contribution in [1.82, 2.24) is 20.4 Å². The third-order valence-corrected chi connectivity index (χ3v) is 7.71. The van der Waals surface area contributed by atoms with Gasteiger partial charge in [0.15, 0.2) is 11.6 Å². The predicted octanol–water partition coefficient (Wildman–Crippen LogP) is 2.14. The highest BCUT2D eigenvalue weighted by molar-refractivity contribution is 6.30. The van der Waals surface area contributed by atoms with E-state index in [4.69, 9.17) is 0 Å². The molecule has 2 aromatic carbocycles. The quantitative estimate of drug-likeness (QED) is 0.365. The molecule has 1 aliphatic carbocycles. The molecule has 0 aromatic heterocycles. The van der Waals surface area contributed by atoms with Crippen molar-refractivity contribution in [2.75, 3.05) is 64.2 Å². The van der Waals surface area contributed by atoms with E-state index in [9.17, 15) is 14.4 Å². The number of nitrogens with one attached hydrogen (secondary N) is 3. The number of nitrogens with zero attached hydrogens (tertiary/aromatic N) is 2. The lowest BCUT2D eigenvalue weighted by molar-refractivity contribution is -0.122. The SMILES string of the molecule is O=C1c2ccccc2C(=O)c2c(NCCCN3CCN(CCCNC(=O)[C@@H]4CCCN4)CC3)cccc21. The first-order chi connectivity index (χ1) is 18.1. The summed E-state index contributed by atoms with van der Waals surface area (Å²) in [7, 11) is 0. The fraction of sp³-hybridized carbons (Fsp3) is 0.483. The summed E-state index contributed by atoms with van der Waals surface area (Å²) in [6, 6.07) is 12.6. The highest BCUT2D eigenvalue weighted by Gasteiger charge is 2.31. The Labute approximate surface area is 218 Å². The van der Waals surface area contributed by atoms with Crippen molar-refractivity contribution in [3.05, 3.63) is 64.7 Å². The average molecular weight is 504 g/mol. The number of fused-ring (bicyclic) bond motifs is 2. The Balaban J connectivity index is 1.01. The van der Waals surface area contributed by atoms with Gasteiger partial charge in [0, 0.05) is 61.6 Å². The molecular weight excluding hydrogens is 466 g/mol. The maximum Gasteiger partial charge on any atom is 0.237 e. The first-order valence-electron chi connectivity index (χ1n) is 13.6. The van der Waals surface area contributed by atoms with E-state index in [0.29, 0.717) is 22.3 Å². The molecule has 3 N–H and O–H groups in total. The number of carbonyl (C=O) groups excluding carboxylic acids is 3. The number of hydrogen-bond acceptors (Lipinski definition) is 7. The van der Waals surface area contributed by atoms with Gasteiger partial charge in [-0.15, -0.1) is 0 Å². The lowest BCUT2D eigenvalue weighted by Gasteiger charge is -2.34. The second kappa shape index (κ2) is 12.0. The highest BCUT2D eigenvalue weighted by atomic mass is 16.2. The second-order valence-corrected chi connectivity index (χ2v) is 10.2. The van der Waals surface area contributed by atoms with Crippen molar-refractivity contribution in [2.24, 2.45) is 0 Å². The zero-order chi connectivity index (χ0) is 25.6. The first kappa shape index (κ1) is 25.6. The molecule has 37 heavy (non-hydrogen) atoms. The number of piperazine rings is 1. The number of ketones is 2. The minimum atomic E-state index is -0.0841. The minimum Gasteiger partial charge on any atom is -0.384 e. The molecule has 2 fully saturated rings. The summed E-state index contributed by atoms with van der Waals surface area (Å²) in [5.74, 6) is -0.0214. The standard InChI is InChI=1S/C29H37N5O3/c35-27-21-7-1-2-8-22(21)28(36)26-23(27)9-3-10-24(26)30-13-5-15-33-17-19-34(20-18-33)16-6-14-32-29(37)25-11-4-12-31-25/h1-3,7-10,25,30-31H,4-6,11-20H2,(H,32,37)/t25-/m0/s1. The second-order valence-electron chi connectivity index (χ2n) is 10.2. The summed E-state index contributed by atoms with van der Waals surface area (Å²) in [4.78, 5) is 43.1. The van der Waals surface area contributed by atoms with Gasteiger partial charge in [0.1, 0.15) is 0 Å². The monoisotopic (exact) mass is 503 g/mol. The number of amides is 1. The van der Waals surface area contributed by atoms with Crippen LogP contribution in [0, 0.1) is 0 Å². The summed E-state index contributed by atoms with van der Waals surface area (Å²) in [6.45, 7) is 8.63. The van der Waals surface area contributed by atoms with Crippen LogP contribution >= 0.6 is 0 Å². The van der Waals surface area contributed by atoms with Crippen LogP contribution < -0.4 is 16.0 Å². The van der Waals surface area contributed by atoms with Crippen LogP contribution in [0.25, 0.3) is 0 Å². The largest absolute Gasteiger partial charge is 0.384 e. The molecular formula is C29H37N5O3. The third kappa shape index (κ3) is 5.92. The summed E-state index contributed by atoms with van der Waals surface area (Å²) < 4.78 is 0. The fourth-order valence-electron chi connectivity index (χ4n) is 5.60. The third-order valence-electron chi connectivity index (χ3n) is 7.71. The number of rotatable bonds is 10. The molecule has 8 nitrogen and oxygen atoms in total. The Morgan fingerprint density at radius 3 is 2.16 bits per heavy atom. The van der Waals surface area contributed by atoms with E-state index in [2.05, 4.69) is 25.8 Å². The number of carbonyl (C=O) groups is 3. The van der Waals surface area contributed by atoms with E-state index >= 15 is 0 Å². The molecule has 8 heteroatoms. The van der Waals surface area contributed by atoms with Crippen LogP contribution in [0.5, 0.6) is 0 Å². The maximum absolute atomic E-state index is 13.1. The van der Waals surface area contributed by atoms with Gasteiger partial charge in [-0.05, 0) is 51.4 Å². The minimum absolute atomic E-state index is 0.00467. The molecule has 2 aliphatic heterocycles. The van der Waals surface area contributed by atoms with Gasteiger partial charge in [0.05, 0.1) is 11.6 Å². The topological polar surface area (TPSA) is 93.8 Å². The predicted molar refractivity (Wildman–Crippen MR) is 144 cm³/mol. The van der Waals surface area contributed by atoms with Crippen LogP contribution in [0.3, 0.4) is 0 Å². The molecule has 0 radical (unpaired) electrons. The Hall–Kier alpha value is -3.07. The lowest BCUT2D eigenvalue weighted by Crippen LogP contribution is -2.47. The highest BCUT2D eigenvalue weighted by Crippen LogP contribution is 2.31. The Morgan fingerprint density at radius 1 is 0.838 bits per heavy atom. The number of benzene rings is 2. The molecule has 2 heterocycles. The molecule has 5 rings (SSSR count). The van der Waals surface area contributed by atoms with Crippen molar-refractivity contribution in [3.63, 3.8) is 0 Å². The van der Waals surface area contributed by atoms with Crippen LogP contribution in [0.15, 0.2) is 42.5 Å². The van der Waals surface area contributed by atoms with Crippen molar-refractivity contribution in [2.45, 2.75) is 31.7 Å². The average Bonchev–Trinajstić information content (AvgIpc) is 3.48. The van der Waals surface area contributed by atoms with Crippen LogP contribution in [-0.4, -0.2) is 92.2 Å². The van der Waals surface area contributed by atoms with Gasteiger partial charge in [0.25, 0.3) is 0 Å². The molecule has 3 aliphatic rings. The van der Waals surface area contributed by atoms with Gasteiger partial charge in [-0.3, -0.25) is 14.4 Å². The van der Waals surface area contributed by atoms with E-state index in [0.717, 1.165) is 90.3 Å². The summed E-state index contributed by atoms with van der Waals surface area (Å²) in [6.07, 6.45) is 3.98. The summed E-state index contributed by atoms with van der Waals surface area (Å²) >= 11 is 0.